The maximum atomic E-state index is 12.0. The summed E-state index contributed by atoms with van der Waals surface area (Å²) in [5, 5.41) is 4.14. The number of nitrogens with zero attached hydrogens (tertiary/aromatic N) is 3. The quantitative estimate of drug-likeness (QED) is 0.829. The monoisotopic (exact) mass is 284 g/mol. The standard InChI is InChI=1S/C12H20N4O2S/c13-9-4-5-16-12(7-9)14-11(15-16)8-10-3-1-2-6-19(10,17)18/h9-10H,1-8,13H2. The van der Waals surface area contributed by atoms with Gasteiger partial charge in [-0.25, -0.2) is 18.1 Å². The van der Waals surface area contributed by atoms with Gasteiger partial charge in [-0.3, -0.25) is 0 Å². The molecule has 0 bridgehead atoms. The van der Waals surface area contributed by atoms with Crippen LogP contribution >= 0.6 is 0 Å². The minimum absolute atomic E-state index is 0.156. The molecule has 0 saturated carbocycles. The van der Waals surface area contributed by atoms with Gasteiger partial charge in [-0.05, 0) is 19.3 Å². The molecule has 2 N–H and O–H groups in total. The number of nitrogens with two attached hydrogens (primary N) is 1. The van der Waals surface area contributed by atoms with Gasteiger partial charge >= 0.3 is 0 Å². The van der Waals surface area contributed by atoms with Crippen molar-refractivity contribution >= 4 is 9.84 Å². The molecule has 1 aromatic rings. The van der Waals surface area contributed by atoms with Crippen LogP contribution < -0.4 is 5.73 Å². The number of sulfone groups is 1. The van der Waals surface area contributed by atoms with Crippen molar-refractivity contribution in [2.45, 2.75) is 56.4 Å². The van der Waals surface area contributed by atoms with E-state index in [0.717, 1.165) is 44.5 Å². The van der Waals surface area contributed by atoms with Crippen LogP contribution in [0.15, 0.2) is 0 Å². The molecule has 0 radical (unpaired) electrons. The Labute approximate surface area is 113 Å². The predicted octanol–water partition coefficient (Wildman–Crippen LogP) is 0.0614. The Morgan fingerprint density at radius 2 is 2.16 bits per heavy atom. The predicted molar refractivity (Wildman–Crippen MR) is 71.4 cm³/mol. The van der Waals surface area contributed by atoms with Crippen molar-refractivity contribution in [2.24, 2.45) is 5.73 Å². The second kappa shape index (κ2) is 4.86. The number of aryl methyl sites for hydroxylation is 1. The Bertz CT molecular complexity index is 566. The summed E-state index contributed by atoms with van der Waals surface area (Å²) in [6, 6.07) is 0.156. The van der Waals surface area contributed by atoms with Crippen LogP contribution in [0.4, 0.5) is 0 Å². The van der Waals surface area contributed by atoms with Gasteiger partial charge in [0.25, 0.3) is 0 Å². The van der Waals surface area contributed by atoms with Gasteiger partial charge < -0.3 is 5.73 Å². The Morgan fingerprint density at radius 1 is 1.32 bits per heavy atom. The maximum Gasteiger partial charge on any atom is 0.153 e. The molecule has 0 spiro atoms. The third kappa shape index (κ3) is 2.67. The van der Waals surface area contributed by atoms with Gasteiger partial charge in [0.2, 0.25) is 0 Å². The van der Waals surface area contributed by atoms with Gasteiger partial charge in [0, 0.05) is 25.4 Å². The highest BCUT2D eigenvalue weighted by Gasteiger charge is 2.30. The van der Waals surface area contributed by atoms with Crippen LogP contribution in [0.3, 0.4) is 0 Å². The van der Waals surface area contributed by atoms with Gasteiger partial charge in [0.05, 0.1) is 11.0 Å². The third-order valence-electron chi connectivity index (χ3n) is 4.07. The molecule has 6 nitrogen and oxygen atoms in total. The summed E-state index contributed by atoms with van der Waals surface area (Å²) in [6.07, 6.45) is 4.63. The van der Waals surface area contributed by atoms with E-state index in [-0.39, 0.29) is 11.3 Å². The molecule has 1 saturated heterocycles. The first-order valence-electron chi connectivity index (χ1n) is 6.94. The summed E-state index contributed by atoms with van der Waals surface area (Å²) < 4.78 is 25.9. The first kappa shape index (κ1) is 13.1. The van der Waals surface area contributed by atoms with E-state index in [1.807, 2.05) is 4.68 Å². The molecule has 0 aromatic carbocycles. The van der Waals surface area contributed by atoms with Crippen molar-refractivity contribution in [3.8, 4) is 0 Å². The highest BCUT2D eigenvalue weighted by atomic mass is 32.2. The summed E-state index contributed by atoms with van der Waals surface area (Å²) in [4.78, 5) is 4.47. The third-order valence-corrected chi connectivity index (χ3v) is 6.35. The number of aromatic nitrogens is 3. The molecule has 2 aliphatic rings. The zero-order chi connectivity index (χ0) is 13.5. The number of hydrogen-bond acceptors (Lipinski definition) is 5. The van der Waals surface area contributed by atoms with Crippen molar-refractivity contribution in [1.82, 2.24) is 14.8 Å². The number of rotatable bonds is 2. The minimum atomic E-state index is -2.95. The molecular formula is C12H20N4O2S. The van der Waals surface area contributed by atoms with Crippen molar-refractivity contribution in [3.05, 3.63) is 11.6 Å². The Hall–Kier alpha value is -0.950. The highest BCUT2D eigenvalue weighted by Crippen LogP contribution is 2.22. The fourth-order valence-corrected chi connectivity index (χ4v) is 4.79. The highest BCUT2D eigenvalue weighted by molar-refractivity contribution is 7.92. The van der Waals surface area contributed by atoms with Gasteiger partial charge in [-0.15, -0.1) is 0 Å². The zero-order valence-corrected chi connectivity index (χ0v) is 11.8. The minimum Gasteiger partial charge on any atom is -0.327 e. The molecule has 1 fully saturated rings. The summed E-state index contributed by atoms with van der Waals surface area (Å²) in [5.74, 6) is 1.89. The summed E-state index contributed by atoms with van der Waals surface area (Å²) in [5.41, 5.74) is 5.91. The van der Waals surface area contributed by atoms with Crippen LogP contribution in [0.1, 0.15) is 37.3 Å². The first-order chi connectivity index (χ1) is 9.04. The lowest BCUT2D eigenvalue weighted by atomic mass is 10.1. The summed E-state index contributed by atoms with van der Waals surface area (Å²) in [7, 11) is -2.95. The van der Waals surface area contributed by atoms with E-state index in [9.17, 15) is 8.42 Å². The molecule has 3 rings (SSSR count). The number of fused-ring (bicyclic) bond motifs is 1. The second-order valence-corrected chi connectivity index (χ2v) is 8.01. The molecule has 106 valence electrons. The van der Waals surface area contributed by atoms with E-state index >= 15 is 0 Å². The van der Waals surface area contributed by atoms with Gasteiger partial charge in [-0.1, -0.05) is 6.42 Å². The molecule has 7 heteroatoms. The fraction of sp³-hybridized carbons (Fsp3) is 0.833. The lowest BCUT2D eigenvalue weighted by Crippen LogP contribution is -2.31. The van der Waals surface area contributed by atoms with E-state index in [2.05, 4.69) is 10.1 Å². The fourth-order valence-electron chi connectivity index (χ4n) is 2.92. The average Bonchev–Trinajstić information content (AvgIpc) is 2.73. The molecule has 2 atom stereocenters. The molecule has 0 amide bonds. The van der Waals surface area contributed by atoms with Crippen LogP contribution in [0.5, 0.6) is 0 Å². The maximum absolute atomic E-state index is 12.0. The Balaban J connectivity index is 1.77. The molecule has 19 heavy (non-hydrogen) atoms. The smallest absolute Gasteiger partial charge is 0.153 e. The van der Waals surface area contributed by atoms with Crippen molar-refractivity contribution in [3.63, 3.8) is 0 Å². The van der Waals surface area contributed by atoms with Crippen molar-refractivity contribution in [1.29, 1.82) is 0 Å². The van der Waals surface area contributed by atoms with Gasteiger partial charge in [-0.2, -0.15) is 5.10 Å². The van der Waals surface area contributed by atoms with Crippen molar-refractivity contribution in [2.75, 3.05) is 5.75 Å². The number of hydrogen-bond donors (Lipinski definition) is 1. The molecular weight excluding hydrogens is 264 g/mol. The Kier molecular flexibility index (Phi) is 3.34. The van der Waals surface area contributed by atoms with Gasteiger partial charge in [0.15, 0.2) is 15.7 Å². The normalized spacial score (nSPS) is 29.9. The van der Waals surface area contributed by atoms with Crippen LogP contribution in [0.25, 0.3) is 0 Å². The van der Waals surface area contributed by atoms with E-state index < -0.39 is 9.84 Å². The summed E-state index contributed by atoms with van der Waals surface area (Å²) >= 11 is 0. The van der Waals surface area contributed by atoms with Crippen molar-refractivity contribution < 1.29 is 8.42 Å². The van der Waals surface area contributed by atoms with Crippen LogP contribution in [-0.2, 0) is 29.2 Å². The molecule has 0 aliphatic carbocycles. The topological polar surface area (TPSA) is 90.9 Å². The Morgan fingerprint density at radius 3 is 2.95 bits per heavy atom. The van der Waals surface area contributed by atoms with Crippen LogP contribution in [0.2, 0.25) is 0 Å². The van der Waals surface area contributed by atoms with Crippen LogP contribution in [-0.4, -0.2) is 40.2 Å². The zero-order valence-electron chi connectivity index (χ0n) is 11.0. The SMILES string of the molecule is NC1CCn2nc(CC3CCCCS3(=O)=O)nc2C1. The molecule has 2 aliphatic heterocycles. The molecule has 1 aromatic heterocycles. The van der Waals surface area contributed by atoms with E-state index in [0.29, 0.717) is 18.0 Å². The van der Waals surface area contributed by atoms with E-state index in [1.54, 1.807) is 0 Å². The van der Waals surface area contributed by atoms with E-state index in [4.69, 9.17) is 5.73 Å². The summed E-state index contributed by atoms with van der Waals surface area (Å²) in [6.45, 7) is 0.793. The van der Waals surface area contributed by atoms with Gasteiger partial charge in [0.1, 0.15) is 5.82 Å². The molecule has 3 heterocycles. The lowest BCUT2D eigenvalue weighted by molar-refractivity contribution is 0.431. The first-order valence-corrected chi connectivity index (χ1v) is 8.66. The average molecular weight is 284 g/mol. The van der Waals surface area contributed by atoms with E-state index in [1.165, 1.54) is 0 Å². The van der Waals surface area contributed by atoms with Crippen LogP contribution in [0, 0.1) is 0 Å². The largest absolute Gasteiger partial charge is 0.327 e. The second-order valence-electron chi connectivity index (χ2n) is 5.61. The molecule has 2 unspecified atom stereocenters. The lowest BCUT2D eigenvalue weighted by Gasteiger charge is -2.20.